The van der Waals surface area contributed by atoms with E-state index in [-0.39, 0.29) is 17.1 Å². The van der Waals surface area contributed by atoms with Crippen LogP contribution in [0, 0.1) is 6.92 Å². The standard InChI is InChI=1S/C18H14ClF2N3O2/c1-10-2-7-16(26-18(20)21)14(8-10)22-17(25)15-9-13(23-24-15)11-3-5-12(19)6-4-11/h2-9,18H,1H3,(H,22,25)(H,23,24). The van der Waals surface area contributed by atoms with Crippen LogP contribution in [0.2, 0.25) is 5.02 Å². The zero-order valence-corrected chi connectivity index (χ0v) is 14.3. The zero-order chi connectivity index (χ0) is 18.7. The lowest BCUT2D eigenvalue weighted by Gasteiger charge is -2.12. The number of ether oxygens (including phenoxy) is 1. The molecule has 2 N–H and O–H groups in total. The number of aromatic nitrogens is 2. The van der Waals surface area contributed by atoms with Crippen molar-refractivity contribution in [1.82, 2.24) is 10.2 Å². The average molecular weight is 378 g/mol. The van der Waals surface area contributed by atoms with E-state index in [0.29, 0.717) is 10.7 Å². The van der Waals surface area contributed by atoms with Gasteiger partial charge in [-0.15, -0.1) is 0 Å². The Bertz CT molecular complexity index is 926. The van der Waals surface area contributed by atoms with Crippen LogP contribution in [0.5, 0.6) is 5.75 Å². The van der Waals surface area contributed by atoms with Crippen LogP contribution in [0.4, 0.5) is 14.5 Å². The Morgan fingerprint density at radius 3 is 2.62 bits per heavy atom. The molecule has 134 valence electrons. The Morgan fingerprint density at radius 2 is 1.92 bits per heavy atom. The molecule has 1 aromatic heterocycles. The number of anilines is 1. The molecule has 0 radical (unpaired) electrons. The van der Waals surface area contributed by atoms with E-state index in [9.17, 15) is 13.6 Å². The summed E-state index contributed by atoms with van der Waals surface area (Å²) in [6.45, 7) is -1.21. The third kappa shape index (κ3) is 4.18. The molecule has 0 saturated carbocycles. The number of aromatic amines is 1. The minimum Gasteiger partial charge on any atom is -0.433 e. The highest BCUT2D eigenvalue weighted by atomic mass is 35.5. The number of hydrogen-bond donors (Lipinski definition) is 2. The number of nitrogens with zero attached hydrogens (tertiary/aromatic N) is 1. The Balaban J connectivity index is 1.81. The second kappa shape index (κ2) is 7.53. The summed E-state index contributed by atoms with van der Waals surface area (Å²) in [5.41, 5.74) is 2.45. The molecule has 3 aromatic rings. The quantitative estimate of drug-likeness (QED) is 0.665. The number of alkyl halides is 2. The average Bonchev–Trinajstić information content (AvgIpc) is 3.08. The lowest BCUT2D eigenvalue weighted by atomic mass is 10.1. The molecule has 0 bridgehead atoms. The SMILES string of the molecule is Cc1ccc(OC(F)F)c(NC(=O)c2cc(-c3ccc(Cl)cc3)n[nH]2)c1. The monoisotopic (exact) mass is 377 g/mol. The smallest absolute Gasteiger partial charge is 0.387 e. The first kappa shape index (κ1) is 17.9. The zero-order valence-electron chi connectivity index (χ0n) is 13.6. The topological polar surface area (TPSA) is 67.0 Å². The first-order valence-corrected chi connectivity index (χ1v) is 7.98. The highest BCUT2D eigenvalue weighted by molar-refractivity contribution is 6.30. The number of aryl methyl sites for hydroxylation is 1. The molecule has 0 spiro atoms. The molecular formula is C18H14ClF2N3O2. The number of carbonyl (C=O) groups excluding carboxylic acids is 1. The van der Waals surface area contributed by atoms with Gasteiger partial charge in [0.1, 0.15) is 11.4 Å². The number of nitrogens with one attached hydrogen (secondary N) is 2. The van der Waals surface area contributed by atoms with Gasteiger partial charge in [0.05, 0.1) is 11.4 Å². The van der Waals surface area contributed by atoms with Crippen LogP contribution in [-0.2, 0) is 0 Å². The second-order valence-electron chi connectivity index (χ2n) is 5.51. The number of hydrogen-bond acceptors (Lipinski definition) is 3. The van der Waals surface area contributed by atoms with E-state index in [0.717, 1.165) is 11.1 Å². The fourth-order valence-electron chi connectivity index (χ4n) is 2.34. The van der Waals surface area contributed by atoms with Crippen molar-refractivity contribution in [2.45, 2.75) is 13.5 Å². The lowest BCUT2D eigenvalue weighted by molar-refractivity contribution is -0.0493. The molecule has 8 heteroatoms. The molecule has 0 aliphatic rings. The Hall–Kier alpha value is -2.93. The second-order valence-corrected chi connectivity index (χ2v) is 5.94. The maximum atomic E-state index is 12.5. The largest absolute Gasteiger partial charge is 0.433 e. The van der Waals surface area contributed by atoms with Crippen molar-refractivity contribution < 1.29 is 18.3 Å². The maximum absolute atomic E-state index is 12.5. The van der Waals surface area contributed by atoms with E-state index >= 15 is 0 Å². The molecule has 1 heterocycles. The van der Waals surface area contributed by atoms with Crippen LogP contribution in [0.1, 0.15) is 16.1 Å². The third-order valence-electron chi connectivity index (χ3n) is 3.56. The predicted molar refractivity (Wildman–Crippen MR) is 94.8 cm³/mol. The fraction of sp³-hybridized carbons (Fsp3) is 0.111. The number of halogens is 3. The maximum Gasteiger partial charge on any atom is 0.387 e. The number of benzene rings is 2. The first-order chi connectivity index (χ1) is 12.4. The molecule has 0 saturated heterocycles. The molecule has 2 aromatic carbocycles. The van der Waals surface area contributed by atoms with Crippen molar-refractivity contribution in [2.24, 2.45) is 0 Å². The van der Waals surface area contributed by atoms with Gasteiger partial charge in [0.15, 0.2) is 0 Å². The normalized spacial score (nSPS) is 10.8. The van der Waals surface area contributed by atoms with Crippen molar-refractivity contribution in [2.75, 3.05) is 5.32 Å². The van der Waals surface area contributed by atoms with Crippen LogP contribution in [0.3, 0.4) is 0 Å². The van der Waals surface area contributed by atoms with Gasteiger partial charge in [0.25, 0.3) is 5.91 Å². The molecule has 1 amide bonds. The summed E-state index contributed by atoms with van der Waals surface area (Å²) in [5, 5.41) is 9.87. The summed E-state index contributed by atoms with van der Waals surface area (Å²) in [5.74, 6) is -0.640. The number of carbonyl (C=O) groups is 1. The molecule has 26 heavy (non-hydrogen) atoms. The van der Waals surface area contributed by atoms with Crippen molar-refractivity contribution in [3.63, 3.8) is 0 Å². The molecule has 5 nitrogen and oxygen atoms in total. The molecule has 0 unspecified atom stereocenters. The van der Waals surface area contributed by atoms with Crippen LogP contribution in [0.15, 0.2) is 48.5 Å². The molecule has 0 fully saturated rings. The molecular weight excluding hydrogens is 364 g/mol. The van der Waals surface area contributed by atoms with Gasteiger partial charge in [-0.05, 0) is 42.8 Å². The van der Waals surface area contributed by atoms with Crippen LogP contribution < -0.4 is 10.1 Å². The van der Waals surface area contributed by atoms with E-state index in [4.69, 9.17) is 11.6 Å². The summed E-state index contributed by atoms with van der Waals surface area (Å²) in [7, 11) is 0. The van der Waals surface area contributed by atoms with E-state index in [1.54, 1.807) is 49.4 Å². The molecule has 0 aliphatic carbocycles. The van der Waals surface area contributed by atoms with Crippen LogP contribution in [-0.4, -0.2) is 22.7 Å². The Kier molecular flexibility index (Phi) is 5.18. The predicted octanol–water partition coefficient (Wildman–Crippen LogP) is 4.89. The third-order valence-corrected chi connectivity index (χ3v) is 3.81. The van der Waals surface area contributed by atoms with E-state index < -0.39 is 12.5 Å². The fourth-order valence-corrected chi connectivity index (χ4v) is 2.46. The molecule has 3 rings (SSSR count). The van der Waals surface area contributed by atoms with Crippen molar-refractivity contribution >= 4 is 23.2 Å². The molecule has 0 atom stereocenters. The van der Waals surface area contributed by atoms with Crippen molar-refractivity contribution in [3.05, 3.63) is 64.8 Å². The van der Waals surface area contributed by atoms with Crippen LogP contribution >= 0.6 is 11.6 Å². The minimum absolute atomic E-state index is 0.114. The summed E-state index contributed by atoms with van der Waals surface area (Å²) in [6, 6.07) is 13.1. The summed E-state index contributed by atoms with van der Waals surface area (Å²) in [6.07, 6.45) is 0. The number of H-pyrrole nitrogens is 1. The highest BCUT2D eigenvalue weighted by Crippen LogP contribution is 2.28. The van der Waals surface area contributed by atoms with Crippen LogP contribution in [0.25, 0.3) is 11.3 Å². The summed E-state index contributed by atoms with van der Waals surface area (Å²) in [4.78, 5) is 12.4. The van der Waals surface area contributed by atoms with Gasteiger partial charge in [0, 0.05) is 10.6 Å². The van der Waals surface area contributed by atoms with Gasteiger partial charge in [-0.1, -0.05) is 29.8 Å². The van der Waals surface area contributed by atoms with E-state index in [1.807, 2.05) is 0 Å². The van der Waals surface area contributed by atoms with Gasteiger partial charge < -0.3 is 10.1 Å². The van der Waals surface area contributed by atoms with Gasteiger partial charge in [-0.2, -0.15) is 13.9 Å². The Labute approximate surface area is 152 Å². The number of amides is 1. The summed E-state index contributed by atoms with van der Waals surface area (Å²) < 4.78 is 29.5. The summed E-state index contributed by atoms with van der Waals surface area (Å²) >= 11 is 5.85. The van der Waals surface area contributed by atoms with Gasteiger partial charge in [-0.3, -0.25) is 9.89 Å². The first-order valence-electron chi connectivity index (χ1n) is 7.60. The number of rotatable bonds is 5. The minimum atomic E-state index is -2.99. The highest BCUT2D eigenvalue weighted by Gasteiger charge is 2.16. The van der Waals surface area contributed by atoms with Gasteiger partial charge in [0.2, 0.25) is 0 Å². The van der Waals surface area contributed by atoms with E-state index in [1.165, 1.54) is 6.07 Å². The van der Waals surface area contributed by atoms with Gasteiger partial charge >= 0.3 is 6.61 Å². The van der Waals surface area contributed by atoms with Crippen molar-refractivity contribution in [1.29, 1.82) is 0 Å². The molecule has 0 aliphatic heterocycles. The lowest BCUT2D eigenvalue weighted by Crippen LogP contribution is -2.14. The van der Waals surface area contributed by atoms with Gasteiger partial charge in [-0.25, -0.2) is 0 Å². The van der Waals surface area contributed by atoms with E-state index in [2.05, 4.69) is 20.3 Å². The Morgan fingerprint density at radius 1 is 1.19 bits per heavy atom. The van der Waals surface area contributed by atoms with Crippen molar-refractivity contribution in [3.8, 4) is 17.0 Å².